The maximum absolute atomic E-state index is 11.1. The van der Waals surface area contributed by atoms with Crippen molar-refractivity contribution in [3.8, 4) is 5.88 Å². The summed E-state index contributed by atoms with van der Waals surface area (Å²) in [5.41, 5.74) is 0. The average Bonchev–Trinajstić information content (AvgIpc) is 2.58. The van der Waals surface area contributed by atoms with Gasteiger partial charge in [0.2, 0.25) is 11.8 Å². The fraction of sp³-hybridized carbons (Fsp3) is 0.556. The first kappa shape index (κ1) is 11.0. The number of piperazine rings is 1. The molecule has 1 amide bonds. The average molecular weight is 243 g/mol. The Kier molecular flexibility index (Phi) is 2.86. The number of thiazole rings is 1. The van der Waals surface area contributed by atoms with Crippen LogP contribution < -0.4 is 9.77 Å². The van der Waals surface area contributed by atoms with Crippen LogP contribution in [0.5, 0.6) is 5.88 Å². The van der Waals surface area contributed by atoms with E-state index < -0.39 is 0 Å². The van der Waals surface area contributed by atoms with Gasteiger partial charge in [-0.3, -0.25) is 14.6 Å². The van der Waals surface area contributed by atoms with Gasteiger partial charge in [-0.05, 0) is 0 Å². The molecule has 7 heteroatoms. The fourth-order valence-corrected chi connectivity index (χ4v) is 2.53. The lowest BCUT2D eigenvalue weighted by molar-refractivity contribution is -0.129. The topological polar surface area (TPSA) is 76.6 Å². The monoisotopic (exact) mass is 243 g/mol. The van der Waals surface area contributed by atoms with Gasteiger partial charge in [0, 0.05) is 33.1 Å². The number of hydrogen-bond acceptors (Lipinski definition) is 5. The van der Waals surface area contributed by atoms with Crippen molar-refractivity contribution >= 4 is 22.2 Å². The van der Waals surface area contributed by atoms with E-state index in [1.165, 1.54) is 0 Å². The molecule has 2 heterocycles. The molecule has 0 saturated carbocycles. The Balaban J connectivity index is 2.07. The number of aromatic nitrogens is 1. The summed E-state index contributed by atoms with van der Waals surface area (Å²) in [5, 5.41) is 10.1. The second-order valence-corrected chi connectivity index (χ2v) is 4.62. The summed E-state index contributed by atoms with van der Waals surface area (Å²) < 4.78 is 0. The number of nitrogens with one attached hydrogen (secondary N) is 1. The minimum atomic E-state index is -0.263. The van der Waals surface area contributed by atoms with Crippen molar-refractivity contribution in [2.45, 2.75) is 6.92 Å². The summed E-state index contributed by atoms with van der Waals surface area (Å²) in [7, 11) is 0. The van der Waals surface area contributed by atoms with Gasteiger partial charge in [-0.1, -0.05) is 11.3 Å². The molecule has 0 aromatic carbocycles. The molecule has 16 heavy (non-hydrogen) atoms. The van der Waals surface area contributed by atoms with Crippen LogP contribution in [0.3, 0.4) is 0 Å². The lowest BCUT2D eigenvalue weighted by Gasteiger charge is -2.34. The zero-order valence-electron chi connectivity index (χ0n) is 8.89. The van der Waals surface area contributed by atoms with Crippen molar-refractivity contribution in [2.75, 3.05) is 31.1 Å². The fourth-order valence-electron chi connectivity index (χ4n) is 1.75. The first-order valence-corrected chi connectivity index (χ1v) is 5.82. The number of aromatic hydroxyl groups is 1. The lowest BCUT2D eigenvalue weighted by Crippen LogP contribution is -2.47. The van der Waals surface area contributed by atoms with Crippen LogP contribution >= 0.6 is 11.3 Å². The van der Waals surface area contributed by atoms with Gasteiger partial charge >= 0.3 is 4.87 Å². The number of nitrogens with zero attached hydrogens (tertiary/aromatic N) is 2. The van der Waals surface area contributed by atoms with Crippen molar-refractivity contribution in [2.24, 2.45) is 0 Å². The smallest absolute Gasteiger partial charge is 0.309 e. The minimum Gasteiger partial charge on any atom is -0.492 e. The summed E-state index contributed by atoms with van der Waals surface area (Å²) in [5.74, 6) is -0.0163. The molecule has 2 N–H and O–H groups in total. The van der Waals surface area contributed by atoms with Crippen molar-refractivity contribution in [1.82, 2.24) is 9.88 Å². The number of amides is 1. The third-order valence-electron chi connectivity index (χ3n) is 2.62. The molecule has 1 fully saturated rings. The molecule has 6 nitrogen and oxygen atoms in total. The number of carbonyl (C=O) groups is 1. The minimum absolute atomic E-state index is 0.0612. The Morgan fingerprint density at radius 2 is 2.00 bits per heavy atom. The third-order valence-corrected chi connectivity index (χ3v) is 3.56. The number of aromatic amines is 1. The summed E-state index contributed by atoms with van der Waals surface area (Å²) in [6, 6.07) is 0. The van der Waals surface area contributed by atoms with Gasteiger partial charge in [-0.15, -0.1) is 0 Å². The summed E-state index contributed by atoms with van der Waals surface area (Å²) >= 11 is 0.992. The van der Waals surface area contributed by atoms with Gasteiger partial charge in [0.05, 0.1) is 0 Å². The molecule has 0 spiro atoms. The second kappa shape index (κ2) is 4.17. The van der Waals surface area contributed by atoms with Crippen LogP contribution in [0.15, 0.2) is 4.79 Å². The Hall–Kier alpha value is -1.50. The second-order valence-electron chi connectivity index (χ2n) is 3.66. The number of hydrogen-bond donors (Lipinski definition) is 2. The predicted octanol–water partition coefficient (Wildman–Crippen LogP) is -0.190. The molecule has 0 atom stereocenters. The van der Waals surface area contributed by atoms with Gasteiger partial charge in [0.25, 0.3) is 0 Å². The maximum Gasteiger partial charge on any atom is 0.309 e. The lowest BCUT2D eigenvalue weighted by atomic mass is 10.3. The van der Waals surface area contributed by atoms with Crippen LogP contribution in [0.2, 0.25) is 0 Å². The molecule has 0 unspecified atom stereocenters. The van der Waals surface area contributed by atoms with E-state index in [4.69, 9.17) is 0 Å². The quantitative estimate of drug-likeness (QED) is 0.717. The standard InChI is InChI=1S/C9H13N3O3S/c1-6(13)11-2-4-12(5-3-11)8-7(14)10-9(15)16-8/h14H,2-5H2,1H3,(H,10,15). The largest absolute Gasteiger partial charge is 0.492 e. The van der Waals surface area contributed by atoms with Gasteiger partial charge in [-0.25, -0.2) is 0 Å². The highest BCUT2D eigenvalue weighted by Crippen LogP contribution is 2.28. The van der Waals surface area contributed by atoms with Crippen molar-refractivity contribution < 1.29 is 9.90 Å². The van der Waals surface area contributed by atoms with E-state index in [1.807, 2.05) is 4.90 Å². The van der Waals surface area contributed by atoms with Gasteiger partial charge in [0.1, 0.15) is 0 Å². The van der Waals surface area contributed by atoms with Crippen molar-refractivity contribution in [1.29, 1.82) is 0 Å². The Bertz CT molecular complexity index is 445. The molecular weight excluding hydrogens is 230 g/mol. The van der Waals surface area contributed by atoms with E-state index >= 15 is 0 Å². The predicted molar refractivity (Wildman–Crippen MR) is 61.1 cm³/mol. The molecule has 1 aliphatic heterocycles. The highest BCUT2D eigenvalue weighted by Gasteiger charge is 2.22. The van der Waals surface area contributed by atoms with E-state index in [2.05, 4.69) is 4.98 Å². The summed E-state index contributed by atoms with van der Waals surface area (Å²) in [6.45, 7) is 4.07. The SMILES string of the molecule is CC(=O)N1CCN(c2sc(=O)[nH]c2O)CC1. The highest BCUT2D eigenvalue weighted by molar-refractivity contribution is 7.13. The van der Waals surface area contributed by atoms with Crippen LogP contribution in [0.4, 0.5) is 5.00 Å². The zero-order valence-corrected chi connectivity index (χ0v) is 9.71. The number of anilines is 1. The molecule has 88 valence electrons. The number of H-pyrrole nitrogens is 1. The molecular formula is C9H13N3O3S. The molecule has 2 rings (SSSR count). The Morgan fingerprint density at radius 3 is 2.44 bits per heavy atom. The van der Waals surface area contributed by atoms with E-state index in [9.17, 15) is 14.7 Å². The molecule has 1 aromatic rings. The normalized spacial score (nSPS) is 16.6. The molecule has 1 saturated heterocycles. The van der Waals surface area contributed by atoms with Crippen LogP contribution in [-0.2, 0) is 4.79 Å². The Labute approximate surface area is 96.1 Å². The number of rotatable bonds is 1. The zero-order chi connectivity index (χ0) is 11.7. The maximum atomic E-state index is 11.1. The van der Waals surface area contributed by atoms with E-state index in [0.717, 1.165) is 11.3 Å². The van der Waals surface area contributed by atoms with Crippen LogP contribution in [-0.4, -0.2) is 47.1 Å². The highest BCUT2D eigenvalue weighted by atomic mass is 32.1. The first-order chi connectivity index (χ1) is 7.58. The van der Waals surface area contributed by atoms with Crippen molar-refractivity contribution in [3.05, 3.63) is 9.67 Å². The molecule has 0 radical (unpaired) electrons. The van der Waals surface area contributed by atoms with Crippen LogP contribution in [0.25, 0.3) is 0 Å². The summed E-state index contributed by atoms with van der Waals surface area (Å²) in [6.07, 6.45) is 0. The summed E-state index contributed by atoms with van der Waals surface area (Å²) in [4.78, 5) is 27.9. The van der Waals surface area contributed by atoms with Crippen LogP contribution in [0.1, 0.15) is 6.92 Å². The first-order valence-electron chi connectivity index (χ1n) is 5.00. The van der Waals surface area contributed by atoms with E-state index in [-0.39, 0.29) is 16.7 Å². The molecule has 1 aromatic heterocycles. The van der Waals surface area contributed by atoms with E-state index in [0.29, 0.717) is 31.2 Å². The van der Waals surface area contributed by atoms with E-state index in [1.54, 1.807) is 11.8 Å². The molecule has 1 aliphatic rings. The van der Waals surface area contributed by atoms with Gasteiger partial charge in [-0.2, -0.15) is 0 Å². The van der Waals surface area contributed by atoms with Crippen LogP contribution in [0, 0.1) is 0 Å². The molecule has 0 bridgehead atoms. The van der Waals surface area contributed by atoms with Gasteiger partial charge < -0.3 is 14.9 Å². The van der Waals surface area contributed by atoms with Gasteiger partial charge in [0.15, 0.2) is 5.00 Å². The van der Waals surface area contributed by atoms with Crippen molar-refractivity contribution in [3.63, 3.8) is 0 Å². The third kappa shape index (κ3) is 2.04. The number of carbonyl (C=O) groups excluding carboxylic acids is 1. The Morgan fingerprint density at radius 1 is 1.38 bits per heavy atom. The molecule has 0 aliphatic carbocycles.